The number of aromatic nitrogens is 3. The first-order valence-corrected chi connectivity index (χ1v) is 10.8. The minimum atomic E-state index is -0.0127. The second kappa shape index (κ2) is 7.25. The maximum Gasteiger partial charge on any atom is 0.226 e. The molecule has 0 spiro atoms. The zero-order valence-electron chi connectivity index (χ0n) is 17.1. The second-order valence-corrected chi connectivity index (χ2v) is 8.55. The summed E-state index contributed by atoms with van der Waals surface area (Å²) in [7, 11) is 0. The number of carbonyl (C=O) groups excluding carboxylic acids is 1. The first-order chi connectivity index (χ1) is 14.5. The molecule has 0 saturated carbocycles. The highest BCUT2D eigenvalue weighted by Gasteiger charge is 2.33. The number of thiazole rings is 1. The van der Waals surface area contributed by atoms with E-state index in [4.69, 9.17) is 14.8 Å². The molecular weight excluding hydrogens is 396 g/mol. The van der Waals surface area contributed by atoms with Crippen LogP contribution in [-0.2, 0) is 4.79 Å². The fraction of sp³-hybridized carbons (Fsp3) is 0.261. The topological polar surface area (TPSA) is 69.0 Å². The lowest BCUT2D eigenvalue weighted by Gasteiger charge is -2.24. The first-order valence-electron chi connectivity index (χ1n) is 10.0. The third kappa shape index (κ3) is 3.15. The maximum absolute atomic E-state index is 12.6. The van der Waals surface area contributed by atoms with E-state index in [1.165, 1.54) is 16.9 Å². The number of fused-ring (bicyclic) bond motifs is 2. The normalized spacial score (nSPS) is 15.8. The molecule has 0 fully saturated rings. The van der Waals surface area contributed by atoms with Gasteiger partial charge < -0.3 is 10.1 Å². The smallest absolute Gasteiger partial charge is 0.226 e. The fourth-order valence-electron chi connectivity index (χ4n) is 4.10. The largest absolute Gasteiger partial charge is 0.494 e. The van der Waals surface area contributed by atoms with Gasteiger partial charge in [0.25, 0.3) is 0 Å². The van der Waals surface area contributed by atoms with Crippen LogP contribution in [0, 0.1) is 13.8 Å². The summed E-state index contributed by atoms with van der Waals surface area (Å²) in [5.74, 6) is 1.53. The van der Waals surface area contributed by atoms with Crippen LogP contribution in [0.15, 0.2) is 42.5 Å². The van der Waals surface area contributed by atoms with Crippen molar-refractivity contribution in [3.63, 3.8) is 0 Å². The molecule has 30 heavy (non-hydrogen) atoms. The highest BCUT2D eigenvalue weighted by Crippen LogP contribution is 2.41. The van der Waals surface area contributed by atoms with E-state index in [0.29, 0.717) is 13.0 Å². The summed E-state index contributed by atoms with van der Waals surface area (Å²) in [6.07, 6.45) is 0.417. The summed E-state index contributed by atoms with van der Waals surface area (Å²) in [5.41, 5.74) is 5.18. The minimum absolute atomic E-state index is 0.00472. The van der Waals surface area contributed by atoms with E-state index < -0.39 is 0 Å². The molecule has 1 N–H and O–H groups in total. The number of anilines is 1. The molecule has 5 rings (SSSR count). The molecule has 1 unspecified atom stereocenters. The SMILES string of the molecule is CCOc1ccc2nc(-n3nc(C)c4c3NC(=O)CC4c3cccc(C)c3)sc2c1. The van der Waals surface area contributed by atoms with Crippen LogP contribution in [-0.4, -0.2) is 27.3 Å². The number of benzene rings is 2. The summed E-state index contributed by atoms with van der Waals surface area (Å²) in [5, 5.41) is 8.54. The molecule has 6 nitrogen and oxygen atoms in total. The van der Waals surface area contributed by atoms with Crippen molar-refractivity contribution >= 4 is 33.3 Å². The van der Waals surface area contributed by atoms with Crippen molar-refractivity contribution < 1.29 is 9.53 Å². The highest BCUT2D eigenvalue weighted by atomic mass is 32.1. The number of nitrogens with one attached hydrogen (secondary N) is 1. The van der Waals surface area contributed by atoms with E-state index in [1.807, 2.05) is 38.1 Å². The van der Waals surface area contributed by atoms with Crippen LogP contribution in [0.5, 0.6) is 5.75 Å². The van der Waals surface area contributed by atoms with E-state index in [-0.39, 0.29) is 11.8 Å². The molecule has 1 aliphatic heterocycles. The summed E-state index contributed by atoms with van der Waals surface area (Å²) >= 11 is 1.54. The number of carbonyl (C=O) groups is 1. The van der Waals surface area contributed by atoms with Gasteiger partial charge in [0, 0.05) is 17.9 Å². The van der Waals surface area contributed by atoms with Crippen LogP contribution in [0.3, 0.4) is 0 Å². The Bertz CT molecular complexity index is 1270. The molecule has 1 amide bonds. The molecule has 0 bridgehead atoms. The number of amides is 1. The Balaban J connectivity index is 1.63. The minimum Gasteiger partial charge on any atom is -0.494 e. The molecule has 0 aliphatic carbocycles. The lowest BCUT2D eigenvalue weighted by molar-refractivity contribution is -0.116. The lowest BCUT2D eigenvalue weighted by atomic mass is 9.85. The Morgan fingerprint density at radius 2 is 2.10 bits per heavy atom. The monoisotopic (exact) mass is 418 g/mol. The molecule has 0 radical (unpaired) electrons. The molecule has 2 aromatic heterocycles. The number of hydrogen-bond donors (Lipinski definition) is 1. The first kappa shape index (κ1) is 18.8. The summed E-state index contributed by atoms with van der Waals surface area (Å²) in [6.45, 7) is 6.65. The second-order valence-electron chi connectivity index (χ2n) is 7.54. The van der Waals surface area contributed by atoms with Crippen molar-refractivity contribution in [3.05, 3.63) is 64.8 Å². The molecule has 0 saturated heterocycles. The number of ether oxygens (including phenoxy) is 1. The van der Waals surface area contributed by atoms with Crippen molar-refractivity contribution in [1.29, 1.82) is 0 Å². The van der Waals surface area contributed by atoms with Gasteiger partial charge in [-0.05, 0) is 44.5 Å². The lowest BCUT2D eigenvalue weighted by Crippen LogP contribution is -2.25. The van der Waals surface area contributed by atoms with Gasteiger partial charge >= 0.3 is 0 Å². The van der Waals surface area contributed by atoms with Crippen molar-refractivity contribution in [2.24, 2.45) is 0 Å². The van der Waals surface area contributed by atoms with Gasteiger partial charge in [-0.2, -0.15) is 9.78 Å². The van der Waals surface area contributed by atoms with Crippen molar-refractivity contribution in [3.8, 4) is 10.9 Å². The van der Waals surface area contributed by atoms with E-state index in [2.05, 4.69) is 30.4 Å². The van der Waals surface area contributed by atoms with Gasteiger partial charge in [0.15, 0.2) is 0 Å². The predicted molar refractivity (Wildman–Crippen MR) is 119 cm³/mol. The van der Waals surface area contributed by atoms with Crippen LogP contribution < -0.4 is 10.1 Å². The van der Waals surface area contributed by atoms with Crippen LogP contribution in [0.25, 0.3) is 15.3 Å². The average molecular weight is 419 g/mol. The Labute approximate surface area is 178 Å². The van der Waals surface area contributed by atoms with Gasteiger partial charge in [-0.1, -0.05) is 41.2 Å². The molecule has 1 aliphatic rings. The standard InChI is InChI=1S/C23H22N4O2S/c1-4-29-16-8-9-18-19(11-16)30-23(24-18)27-22-21(14(3)26-27)17(12-20(28)25-22)15-7-5-6-13(2)10-15/h5-11,17H,4,12H2,1-3H3,(H,25,28). The van der Waals surface area contributed by atoms with Gasteiger partial charge in [0.1, 0.15) is 11.6 Å². The Morgan fingerprint density at radius 3 is 2.90 bits per heavy atom. The summed E-state index contributed by atoms with van der Waals surface area (Å²) in [6, 6.07) is 14.2. The third-order valence-electron chi connectivity index (χ3n) is 5.39. The number of nitrogens with zero attached hydrogens (tertiary/aromatic N) is 3. The van der Waals surface area contributed by atoms with Gasteiger partial charge in [-0.15, -0.1) is 0 Å². The predicted octanol–water partition coefficient (Wildman–Crippen LogP) is 4.97. The summed E-state index contributed by atoms with van der Waals surface area (Å²) < 4.78 is 8.41. The van der Waals surface area contributed by atoms with Gasteiger partial charge in [0.2, 0.25) is 11.0 Å². The van der Waals surface area contributed by atoms with Gasteiger partial charge in [-0.25, -0.2) is 4.98 Å². The Kier molecular flexibility index (Phi) is 4.55. The van der Waals surface area contributed by atoms with Crippen LogP contribution in [0.2, 0.25) is 0 Å². The molecular formula is C23H22N4O2S. The average Bonchev–Trinajstić information content (AvgIpc) is 3.28. The number of hydrogen-bond acceptors (Lipinski definition) is 5. The maximum atomic E-state index is 12.6. The van der Waals surface area contributed by atoms with E-state index in [1.54, 1.807) is 4.68 Å². The van der Waals surface area contributed by atoms with E-state index in [9.17, 15) is 4.79 Å². The van der Waals surface area contributed by atoms with Crippen LogP contribution >= 0.6 is 11.3 Å². The van der Waals surface area contributed by atoms with E-state index >= 15 is 0 Å². The number of aryl methyl sites for hydroxylation is 2. The zero-order chi connectivity index (χ0) is 20.8. The van der Waals surface area contributed by atoms with E-state index in [0.717, 1.165) is 43.7 Å². The molecule has 152 valence electrons. The molecule has 2 aromatic carbocycles. The molecule has 3 heterocycles. The third-order valence-corrected chi connectivity index (χ3v) is 6.38. The Morgan fingerprint density at radius 1 is 1.23 bits per heavy atom. The Hall–Kier alpha value is -3.19. The highest BCUT2D eigenvalue weighted by molar-refractivity contribution is 7.20. The van der Waals surface area contributed by atoms with Crippen molar-refractivity contribution in [1.82, 2.24) is 14.8 Å². The molecule has 1 atom stereocenters. The molecule has 4 aromatic rings. The quantitative estimate of drug-likeness (QED) is 0.508. The molecule has 7 heteroatoms. The van der Waals surface area contributed by atoms with Crippen LogP contribution in [0.4, 0.5) is 5.82 Å². The van der Waals surface area contributed by atoms with Crippen molar-refractivity contribution in [2.45, 2.75) is 33.1 Å². The fourth-order valence-corrected chi connectivity index (χ4v) is 5.05. The van der Waals surface area contributed by atoms with Gasteiger partial charge in [-0.3, -0.25) is 4.79 Å². The zero-order valence-corrected chi connectivity index (χ0v) is 17.9. The van der Waals surface area contributed by atoms with Crippen LogP contribution in [0.1, 0.15) is 41.6 Å². The van der Waals surface area contributed by atoms with Gasteiger partial charge in [0.05, 0.1) is 22.5 Å². The summed E-state index contributed by atoms with van der Waals surface area (Å²) in [4.78, 5) is 17.3. The van der Waals surface area contributed by atoms with Crippen molar-refractivity contribution in [2.75, 3.05) is 11.9 Å². The number of rotatable bonds is 4.